The molecule has 14 heavy (non-hydrogen) atoms. The topological polar surface area (TPSA) is 26.0 Å². The summed E-state index contributed by atoms with van der Waals surface area (Å²) in [5, 5.41) is 0. The number of rotatable bonds is 4. The van der Waals surface area contributed by atoms with Gasteiger partial charge in [0.1, 0.15) is 0 Å². The van der Waals surface area contributed by atoms with E-state index in [0.29, 0.717) is 5.92 Å². The van der Waals surface area contributed by atoms with Crippen molar-refractivity contribution in [1.82, 2.24) is 0 Å². The van der Waals surface area contributed by atoms with Crippen LogP contribution in [0, 0.1) is 5.92 Å². The van der Waals surface area contributed by atoms with Crippen molar-refractivity contribution in [2.75, 3.05) is 5.73 Å². The van der Waals surface area contributed by atoms with Gasteiger partial charge in [-0.1, -0.05) is 31.2 Å². The van der Waals surface area contributed by atoms with Gasteiger partial charge in [0.15, 0.2) is 0 Å². The van der Waals surface area contributed by atoms with Crippen LogP contribution in [-0.4, -0.2) is 0 Å². The zero-order valence-electron chi connectivity index (χ0n) is 9.09. The Hall–Kier alpha value is -1.24. The highest BCUT2D eigenvalue weighted by molar-refractivity contribution is 5.39. The van der Waals surface area contributed by atoms with Crippen LogP contribution in [0.1, 0.15) is 25.8 Å². The van der Waals surface area contributed by atoms with Gasteiger partial charge in [-0.2, -0.15) is 0 Å². The number of aryl methyl sites for hydroxylation is 1. The maximum atomic E-state index is 5.62. The lowest BCUT2D eigenvalue weighted by atomic mass is 9.96. The van der Waals surface area contributed by atoms with Crippen LogP contribution in [-0.2, 0) is 6.42 Å². The number of hydrogen-bond donors (Lipinski definition) is 1. The molecular formula is C13H19N. The fourth-order valence-electron chi connectivity index (χ4n) is 1.31. The van der Waals surface area contributed by atoms with Crippen LogP contribution in [0.3, 0.4) is 0 Å². The second-order valence-corrected chi connectivity index (χ2v) is 4.03. The fourth-order valence-corrected chi connectivity index (χ4v) is 1.31. The van der Waals surface area contributed by atoms with Gasteiger partial charge in [0.05, 0.1) is 0 Å². The molecule has 1 atom stereocenters. The molecule has 0 aliphatic rings. The van der Waals surface area contributed by atoms with Crippen LogP contribution in [0.4, 0.5) is 5.69 Å². The lowest BCUT2D eigenvalue weighted by Gasteiger charge is -2.10. The van der Waals surface area contributed by atoms with E-state index < -0.39 is 0 Å². The summed E-state index contributed by atoms with van der Waals surface area (Å²) in [7, 11) is 0. The highest BCUT2D eigenvalue weighted by Crippen LogP contribution is 2.16. The van der Waals surface area contributed by atoms with E-state index in [2.05, 4.69) is 32.6 Å². The van der Waals surface area contributed by atoms with Crippen molar-refractivity contribution in [1.29, 1.82) is 0 Å². The zero-order valence-corrected chi connectivity index (χ0v) is 9.09. The number of nitrogens with two attached hydrogens (primary N) is 1. The third-order valence-electron chi connectivity index (χ3n) is 2.69. The van der Waals surface area contributed by atoms with E-state index in [4.69, 9.17) is 5.73 Å². The molecular weight excluding hydrogens is 170 g/mol. The van der Waals surface area contributed by atoms with Gasteiger partial charge in [0, 0.05) is 5.69 Å². The van der Waals surface area contributed by atoms with E-state index in [-0.39, 0.29) is 0 Å². The average molecular weight is 189 g/mol. The Kier molecular flexibility index (Phi) is 3.75. The molecule has 1 rings (SSSR count). The van der Waals surface area contributed by atoms with Crippen molar-refractivity contribution in [2.24, 2.45) is 5.92 Å². The summed E-state index contributed by atoms with van der Waals surface area (Å²) < 4.78 is 0. The first-order chi connectivity index (χ1) is 6.59. The fraction of sp³-hybridized carbons (Fsp3) is 0.385. The van der Waals surface area contributed by atoms with Crippen LogP contribution in [0.2, 0.25) is 0 Å². The molecule has 76 valence electrons. The molecule has 0 aliphatic heterocycles. The standard InChI is InChI=1S/C13H19N/c1-10(2)11(3)4-5-12-6-8-13(14)9-7-12/h6-9,11H,1,4-5,14H2,2-3H3. The molecule has 1 heteroatoms. The molecule has 0 aromatic heterocycles. The quantitative estimate of drug-likeness (QED) is 0.570. The number of anilines is 1. The van der Waals surface area contributed by atoms with Crippen LogP contribution >= 0.6 is 0 Å². The first kappa shape index (κ1) is 10.8. The van der Waals surface area contributed by atoms with Crippen LogP contribution < -0.4 is 5.73 Å². The predicted octanol–water partition coefficient (Wildman–Crippen LogP) is 3.41. The number of nitrogen functional groups attached to an aromatic ring is 1. The van der Waals surface area contributed by atoms with Crippen LogP contribution in [0.5, 0.6) is 0 Å². The minimum absolute atomic E-state index is 0.604. The van der Waals surface area contributed by atoms with E-state index in [1.165, 1.54) is 17.6 Å². The molecule has 0 radical (unpaired) electrons. The molecule has 0 aliphatic carbocycles. The molecule has 0 saturated carbocycles. The lowest BCUT2D eigenvalue weighted by molar-refractivity contribution is 0.615. The highest BCUT2D eigenvalue weighted by atomic mass is 14.5. The molecule has 2 N–H and O–H groups in total. The molecule has 0 spiro atoms. The summed E-state index contributed by atoms with van der Waals surface area (Å²) in [5.74, 6) is 0.604. The smallest absolute Gasteiger partial charge is 0.0314 e. The van der Waals surface area contributed by atoms with Crippen LogP contribution in [0.15, 0.2) is 36.4 Å². The summed E-state index contributed by atoms with van der Waals surface area (Å²) in [5.41, 5.74) is 9.07. The Balaban J connectivity index is 2.46. The zero-order chi connectivity index (χ0) is 10.6. The Morgan fingerprint density at radius 3 is 2.43 bits per heavy atom. The lowest BCUT2D eigenvalue weighted by Crippen LogP contribution is -1.98. The average Bonchev–Trinajstić information content (AvgIpc) is 2.16. The summed E-state index contributed by atoms with van der Waals surface area (Å²) in [6.07, 6.45) is 2.27. The van der Waals surface area contributed by atoms with Gasteiger partial charge in [-0.3, -0.25) is 0 Å². The maximum absolute atomic E-state index is 5.62. The first-order valence-corrected chi connectivity index (χ1v) is 5.09. The van der Waals surface area contributed by atoms with Gasteiger partial charge in [-0.05, 0) is 43.4 Å². The van der Waals surface area contributed by atoms with E-state index in [1.807, 2.05) is 12.1 Å². The molecule has 0 fully saturated rings. The normalized spacial score (nSPS) is 12.4. The maximum Gasteiger partial charge on any atom is 0.0314 e. The SMILES string of the molecule is C=C(C)C(C)CCc1ccc(N)cc1. The molecule has 1 aromatic rings. The van der Waals surface area contributed by atoms with Gasteiger partial charge >= 0.3 is 0 Å². The Labute approximate surface area is 86.6 Å². The van der Waals surface area contributed by atoms with Crippen LogP contribution in [0.25, 0.3) is 0 Å². The van der Waals surface area contributed by atoms with Gasteiger partial charge in [-0.15, -0.1) is 0 Å². The van der Waals surface area contributed by atoms with Crippen molar-refractivity contribution in [2.45, 2.75) is 26.7 Å². The number of allylic oxidation sites excluding steroid dienone is 1. The number of hydrogen-bond acceptors (Lipinski definition) is 1. The van der Waals surface area contributed by atoms with Crippen molar-refractivity contribution in [3.05, 3.63) is 42.0 Å². The summed E-state index contributed by atoms with van der Waals surface area (Å²) in [6.45, 7) is 8.27. The molecule has 1 nitrogen and oxygen atoms in total. The molecule has 0 bridgehead atoms. The van der Waals surface area contributed by atoms with Gasteiger partial charge < -0.3 is 5.73 Å². The Bertz CT molecular complexity index is 298. The monoisotopic (exact) mass is 189 g/mol. The van der Waals surface area contributed by atoms with E-state index in [9.17, 15) is 0 Å². The summed E-state index contributed by atoms with van der Waals surface area (Å²) >= 11 is 0. The third kappa shape index (κ3) is 3.25. The van der Waals surface area contributed by atoms with Gasteiger partial charge in [-0.25, -0.2) is 0 Å². The number of benzene rings is 1. The van der Waals surface area contributed by atoms with Crippen molar-refractivity contribution < 1.29 is 0 Å². The van der Waals surface area contributed by atoms with Gasteiger partial charge in [0.25, 0.3) is 0 Å². The second kappa shape index (κ2) is 4.85. The third-order valence-corrected chi connectivity index (χ3v) is 2.69. The summed E-state index contributed by atoms with van der Waals surface area (Å²) in [4.78, 5) is 0. The van der Waals surface area contributed by atoms with Crippen molar-refractivity contribution in [3.63, 3.8) is 0 Å². The molecule has 0 saturated heterocycles. The Morgan fingerprint density at radius 1 is 1.36 bits per heavy atom. The predicted molar refractivity (Wildman–Crippen MR) is 63.2 cm³/mol. The Morgan fingerprint density at radius 2 is 1.93 bits per heavy atom. The van der Waals surface area contributed by atoms with Gasteiger partial charge in [0.2, 0.25) is 0 Å². The molecule has 1 aromatic carbocycles. The summed E-state index contributed by atoms with van der Waals surface area (Å²) in [6, 6.07) is 8.11. The highest BCUT2D eigenvalue weighted by Gasteiger charge is 2.02. The second-order valence-electron chi connectivity index (χ2n) is 4.03. The van der Waals surface area contributed by atoms with E-state index >= 15 is 0 Å². The largest absolute Gasteiger partial charge is 0.399 e. The first-order valence-electron chi connectivity index (χ1n) is 5.09. The van der Waals surface area contributed by atoms with E-state index in [1.54, 1.807) is 0 Å². The molecule has 0 amide bonds. The molecule has 1 unspecified atom stereocenters. The minimum atomic E-state index is 0.604. The van der Waals surface area contributed by atoms with E-state index in [0.717, 1.165) is 12.1 Å². The van der Waals surface area contributed by atoms with Crippen molar-refractivity contribution in [3.8, 4) is 0 Å². The van der Waals surface area contributed by atoms with Crippen molar-refractivity contribution >= 4 is 5.69 Å². The minimum Gasteiger partial charge on any atom is -0.399 e. The molecule has 0 heterocycles.